The van der Waals surface area contributed by atoms with Crippen molar-refractivity contribution in [3.05, 3.63) is 29.8 Å². The first-order valence-electron chi connectivity index (χ1n) is 7.21. The Morgan fingerprint density at radius 1 is 1.16 bits per heavy atom. The number of hydrogen-bond acceptors (Lipinski definition) is 3. The lowest BCUT2D eigenvalue weighted by molar-refractivity contribution is 0.0960. The number of benzene rings is 1. The van der Waals surface area contributed by atoms with Gasteiger partial charge in [0, 0.05) is 31.2 Å². The first-order valence-corrected chi connectivity index (χ1v) is 7.21. The molecule has 0 aliphatic carbocycles. The van der Waals surface area contributed by atoms with Crippen molar-refractivity contribution in [1.29, 1.82) is 0 Å². The van der Waals surface area contributed by atoms with E-state index in [0.29, 0.717) is 17.3 Å². The minimum Gasteiger partial charge on any atom is -0.508 e. The van der Waals surface area contributed by atoms with Crippen molar-refractivity contribution >= 4 is 0 Å². The van der Waals surface area contributed by atoms with Crippen LogP contribution < -0.4 is 5.32 Å². The van der Waals surface area contributed by atoms with E-state index in [-0.39, 0.29) is 0 Å². The molecule has 1 aromatic rings. The van der Waals surface area contributed by atoms with Crippen molar-refractivity contribution in [1.82, 2.24) is 10.2 Å². The molecule has 3 heteroatoms. The third-order valence-electron chi connectivity index (χ3n) is 3.97. The molecule has 1 aromatic carbocycles. The molecule has 0 bridgehead atoms. The van der Waals surface area contributed by atoms with Crippen LogP contribution in [0.2, 0.25) is 0 Å². The summed E-state index contributed by atoms with van der Waals surface area (Å²) in [4.78, 5) is 2.56. The summed E-state index contributed by atoms with van der Waals surface area (Å²) in [5.41, 5.74) is 1.53. The number of hydrogen-bond donors (Lipinski definition) is 2. The Bertz CT molecular complexity index is 386. The van der Waals surface area contributed by atoms with Crippen LogP contribution >= 0.6 is 0 Å². The average molecular weight is 262 g/mol. The highest BCUT2D eigenvalue weighted by molar-refractivity contribution is 5.25. The van der Waals surface area contributed by atoms with Crippen molar-refractivity contribution in [2.45, 2.75) is 51.7 Å². The van der Waals surface area contributed by atoms with Gasteiger partial charge >= 0.3 is 0 Å². The van der Waals surface area contributed by atoms with Crippen LogP contribution in [0.1, 0.15) is 39.2 Å². The van der Waals surface area contributed by atoms with E-state index in [1.165, 1.54) is 31.5 Å². The average Bonchev–Trinajstić information content (AvgIpc) is 2.37. The first kappa shape index (κ1) is 14.4. The standard InChI is InChI=1S/C16H26N2O/c1-16(2,3)18-10-8-14(9-11-18)17-12-13-4-6-15(19)7-5-13/h4-7,14,17,19H,8-12H2,1-3H3. The van der Waals surface area contributed by atoms with Crippen molar-refractivity contribution in [2.24, 2.45) is 0 Å². The van der Waals surface area contributed by atoms with Gasteiger partial charge in [0.05, 0.1) is 0 Å². The molecule has 2 N–H and O–H groups in total. The Balaban J connectivity index is 1.75. The summed E-state index contributed by atoms with van der Waals surface area (Å²) in [6, 6.07) is 8.07. The van der Waals surface area contributed by atoms with Gasteiger partial charge in [-0.3, -0.25) is 4.90 Å². The molecule has 106 valence electrons. The largest absolute Gasteiger partial charge is 0.508 e. The molecule has 2 rings (SSSR count). The van der Waals surface area contributed by atoms with Crippen LogP contribution in [0.5, 0.6) is 5.75 Å². The van der Waals surface area contributed by atoms with E-state index in [1.807, 2.05) is 12.1 Å². The summed E-state index contributed by atoms with van der Waals surface area (Å²) in [6.07, 6.45) is 2.44. The first-order chi connectivity index (χ1) is 8.95. The molecule has 19 heavy (non-hydrogen) atoms. The molecule has 0 saturated carbocycles. The van der Waals surface area contributed by atoms with Gasteiger partial charge in [-0.2, -0.15) is 0 Å². The van der Waals surface area contributed by atoms with Crippen LogP contribution in [0, 0.1) is 0 Å². The molecule has 1 heterocycles. The van der Waals surface area contributed by atoms with Gasteiger partial charge in [-0.25, -0.2) is 0 Å². The van der Waals surface area contributed by atoms with Gasteiger partial charge in [0.2, 0.25) is 0 Å². The molecule has 3 nitrogen and oxygen atoms in total. The molecule has 1 saturated heterocycles. The number of piperidine rings is 1. The van der Waals surface area contributed by atoms with Crippen LogP contribution in [-0.2, 0) is 6.54 Å². The smallest absolute Gasteiger partial charge is 0.115 e. The molecule has 0 spiro atoms. The summed E-state index contributed by atoms with van der Waals surface area (Å²) in [6.45, 7) is 10.1. The number of likely N-dealkylation sites (tertiary alicyclic amines) is 1. The Hall–Kier alpha value is -1.06. The maximum Gasteiger partial charge on any atom is 0.115 e. The highest BCUT2D eigenvalue weighted by atomic mass is 16.3. The summed E-state index contributed by atoms with van der Waals surface area (Å²) < 4.78 is 0. The zero-order valence-electron chi connectivity index (χ0n) is 12.3. The number of aromatic hydroxyl groups is 1. The van der Waals surface area contributed by atoms with Crippen LogP contribution in [0.25, 0.3) is 0 Å². The van der Waals surface area contributed by atoms with Gasteiger partial charge in [-0.15, -0.1) is 0 Å². The van der Waals surface area contributed by atoms with E-state index in [1.54, 1.807) is 12.1 Å². The molecular weight excluding hydrogens is 236 g/mol. The maximum absolute atomic E-state index is 9.25. The number of nitrogens with zero attached hydrogens (tertiary/aromatic N) is 1. The molecule has 0 amide bonds. The highest BCUT2D eigenvalue weighted by Gasteiger charge is 2.26. The highest BCUT2D eigenvalue weighted by Crippen LogP contribution is 2.20. The van der Waals surface area contributed by atoms with Gasteiger partial charge in [-0.1, -0.05) is 12.1 Å². The fraction of sp³-hybridized carbons (Fsp3) is 0.625. The van der Waals surface area contributed by atoms with E-state index < -0.39 is 0 Å². The molecule has 0 aromatic heterocycles. The van der Waals surface area contributed by atoms with Crippen molar-refractivity contribution in [3.8, 4) is 5.75 Å². The van der Waals surface area contributed by atoms with Crippen LogP contribution in [-0.4, -0.2) is 34.7 Å². The fourth-order valence-corrected chi connectivity index (χ4v) is 2.63. The maximum atomic E-state index is 9.25. The van der Waals surface area contributed by atoms with E-state index in [2.05, 4.69) is 31.0 Å². The number of rotatable bonds is 3. The fourth-order valence-electron chi connectivity index (χ4n) is 2.63. The van der Waals surface area contributed by atoms with Gasteiger partial charge in [0.25, 0.3) is 0 Å². The Kier molecular flexibility index (Phi) is 4.48. The lowest BCUT2D eigenvalue weighted by atomic mass is 9.98. The lowest BCUT2D eigenvalue weighted by Crippen LogP contribution is -2.49. The Morgan fingerprint density at radius 2 is 1.74 bits per heavy atom. The summed E-state index contributed by atoms with van der Waals surface area (Å²) in [7, 11) is 0. The summed E-state index contributed by atoms with van der Waals surface area (Å²) >= 11 is 0. The van der Waals surface area contributed by atoms with Crippen LogP contribution in [0.15, 0.2) is 24.3 Å². The Morgan fingerprint density at radius 3 is 2.26 bits per heavy atom. The summed E-state index contributed by atoms with van der Waals surface area (Å²) in [5, 5.41) is 12.9. The predicted molar refractivity (Wildman–Crippen MR) is 79.3 cm³/mol. The number of phenols is 1. The quantitative estimate of drug-likeness (QED) is 0.879. The summed E-state index contributed by atoms with van der Waals surface area (Å²) in [5.74, 6) is 0.335. The van der Waals surface area contributed by atoms with E-state index >= 15 is 0 Å². The second kappa shape index (κ2) is 5.93. The van der Waals surface area contributed by atoms with Crippen molar-refractivity contribution in [3.63, 3.8) is 0 Å². The topological polar surface area (TPSA) is 35.5 Å². The van der Waals surface area contributed by atoms with Crippen molar-refractivity contribution < 1.29 is 5.11 Å². The zero-order chi connectivity index (χ0) is 13.9. The molecule has 1 aliphatic heterocycles. The van der Waals surface area contributed by atoms with Crippen LogP contribution in [0.4, 0.5) is 0 Å². The zero-order valence-corrected chi connectivity index (χ0v) is 12.3. The minimum atomic E-state index is 0.294. The van der Waals surface area contributed by atoms with Gasteiger partial charge < -0.3 is 10.4 Å². The van der Waals surface area contributed by atoms with Crippen molar-refractivity contribution in [2.75, 3.05) is 13.1 Å². The third kappa shape index (κ3) is 4.22. The predicted octanol–water partition coefficient (Wildman–Crippen LogP) is 2.74. The molecule has 0 unspecified atom stereocenters. The second-order valence-electron chi connectivity index (χ2n) is 6.48. The molecule has 0 radical (unpaired) electrons. The van der Waals surface area contributed by atoms with Crippen LogP contribution in [0.3, 0.4) is 0 Å². The number of nitrogens with one attached hydrogen (secondary N) is 1. The van der Waals surface area contributed by atoms with Gasteiger partial charge in [0.15, 0.2) is 0 Å². The SMILES string of the molecule is CC(C)(C)N1CCC(NCc2ccc(O)cc2)CC1. The monoisotopic (exact) mass is 262 g/mol. The van der Waals surface area contributed by atoms with Gasteiger partial charge in [0.1, 0.15) is 5.75 Å². The van der Waals surface area contributed by atoms with Gasteiger partial charge in [-0.05, 0) is 51.3 Å². The second-order valence-corrected chi connectivity index (χ2v) is 6.48. The normalized spacial score (nSPS) is 18.7. The molecule has 0 atom stereocenters. The molecular formula is C16H26N2O. The Labute approximate surface area is 116 Å². The number of phenolic OH excluding ortho intramolecular Hbond substituents is 1. The van der Waals surface area contributed by atoms with E-state index in [0.717, 1.165) is 6.54 Å². The molecule has 1 aliphatic rings. The minimum absolute atomic E-state index is 0.294. The third-order valence-corrected chi connectivity index (χ3v) is 3.97. The van der Waals surface area contributed by atoms with E-state index in [9.17, 15) is 5.11 Å². The van der Waals surface area contributed by atoms with E-state index in [4.69, 9.17) is 0 Å². The lowest BCUT2D eigenvalue weighted by Gasteiger charge is -2.41. The molecule has 1 fully saturated rings.